The van der Waals surface area contributed by atoms with Gasteiger partial charge in [-0.2, -0.15) is 0 Å². The summed E-state index contributed by atoms with van der Waals surface area (Å²) in [6, 6.07) is 3.61. The van der Waals surface area contributed by atoms with E-state index in [4.69, 9.17) is 4.74 Å². The second-order valence-corrected chi connectivity index (χ2v) is 4.37. The zero-order chi connectivity index (χ0) is 12.8. The van der Waals surface area contributed by atoms with Crippen molar-refractivity contribution in [3.05, 3.63) is 29.8 Å². The van der Waals surface area contributed by atoms with E-state index in [0.717, 1.165) is 51.3 Å². The van der Waals surface area contributed by atoms with Gasteiger partial charge in [-0.05, 0) is 31.6 Å². The van der Waals surface area contributed by atoms with E-state index in [0.29, 0.717) is 12.4 Å². The molecule has 18 heavy (non-hydrogen) atoms. The number of hydrogen-bond donors (Lipinski definition) is 1. The lowest BCUT2D eigenvalue weighted by Crippen LogP contribution is -2.31. The third-order valence-corrected chi connectivity index (χ3v) is 3.00. The first-order valence-corrected chi connectivity index (χ1v) is 6.26. The molecule has 1 aromatic carbocycles. The molecule has 0 spiro atoms. The molecule has 0 saturated carbocycles. The minimum atomic E-state index is -0.869. The van der Waals surface area contributed by atoms with E-state index in [-0.39, 0.29) is 0 Å². The van der Waals surface area contributed by atoms with E-state index < -0.39 is 11.6 Å². The molecule has 0 atom stereocenters. The third-order valence-electron chi connectivity index (χ3n) is 3.00. The second kappa shape index (κ2) is 6.66. The summed E-state index contributed by atoms with van der Waals surface area (Å²) in [7, 11) is 0. The minimum Gasteiger partial charge on any atom is -0.492 e. The Labute approximate surface area is 106 Å². The Morgan fingerprint density at radius 3 is 2.89 bits per heavy atom. The molecule has 1 saturated heterocycles. The quantitative estimate of drug-likeness (QED) is 0.886. The number of benzene rings is 1. The van der Waals surface area contributed by atoms with Crippen LogP contribution in [0.2, 0.25) is 0 Å². The highest BCUT2D eigenvalue weighted by atomic mass is 19.2. The lowest BCUT2D eigenvalue weighted by atomic mass is 10.3. The zero-order valence-corrected chi connectivity index (χ0v) is 10.3. The summed E-state index contributed by atoms with van der Waals surface area (Å²) in [5, 5.41) is 3.33. The highest BCUT2D eigenvalue weighted by Gasteiger charge is 2.08. The molecule has 1 N–H and O–H groups in total. The van der Waals surface area contributed by atoms with Crippen molar-refractivity contribution in [2.45, 2.75) is 6.42 Å². The number of nitrogens with one attached hydrogen (secondary N) is 1. The van der Waals surface area contributed by atoms with Crippen LogP contribution in [-0.2, 0) is 0 Å². The van der Waals surface area contributed by atoms with Gasteiger partial charge in [0.15, 0.2) is 11.6 Å². The van der Waals surface area contributed by atoms with Gasteiger partial charge in [-0.25, -0.2) is 8.78 Å². The van der Waals surface area contributed by atoms with E-state index >= 15 is 0 Å². The molecule has 1 aromatic rings. The fraction of sp³-hybridized carbons (Fsp3) is 0.538. The summed E-state index contributed by atoms with van der Waals surface area (Å²) in [6.45, 7) is 5.40. The first-order valence-electron chi connectivity index (χ1n) is 6.26. The van der Waals surface area contributed by atoms with Gasteiger partial charge in [-0.15, -0.1) is 0 Å². The van der Waals surface area contributed by atoms with Gasteiger partial charge in [-0.1, -0.05) is 0 Å². The van der Waals surface area contributed by atoms with Crippen molar-refractivity contribution in [3.63, 3.8) is 0 Å². The molecule has 3 nitrogen and oxygen atoms in total. The molecule has 1 aliphatic rings. The largest absolute Gasteiger partial charge is 0.492 e. The standard InChI is InChI=1S/C13H18F2N2O/c14-12-3-2-11(10-13(12)15)18-9-8-17-6-1-4-16-5-7-17/h2-3,10,16H,1,4-9H2. The molecular formula is C13H18F2N2O. The summed E-state index contributed by atoms with van der Waals surface area (Å²) in [5.41, 5.74) is 0. The van der Waals surface area contributed by atoms with E-state index in [9.17, 15) is 8.78 Å². The van der Waals surface area contributed by atoms with E-state index in [1.807, 2.05) is 0 Å². The predicted octanol–water partition coefficient (Wildman–Crippen LogP) is 1.64. The Balaban J connectivity index is 1.75. The smallest absolute Gasteiger partial charge is 0.162 e. The van der Waals surface area contributed by atoms with Crippen LogP contribution in [0.4, 0.5) is 8.78 Å². The van der Waals surface area contributed by atoms with Crippen molar-refractivity contribution in [2.75, 3.05) is 39.3 Å². The number of ether oxygens (including phenoxy) is 1. The molecule has 1 heterocycles. The maximum absolute atomic E-state index is 12.9. The topological polar surface area (TPSA) is 24.5 Å². The van der Waals surface area contributed by atoms with Gasteiger partial charge >= 0.3 is 0 Å². The van der Waals surface area contributed by atoms with Crippen molar-refractivity contribution >= 4 is 0 Å². The summed E-state index contributed by atoms with van der Waals surface area (Å²) in [4.78, 5) is 2.31. The van der Waals surface area contributed by atoms with E-state index in [1.165, 1.54) is 6.07 Å². The minimum absolute atomic E-state index is 0.377. The van der Waals surface area contributed by atoms with Crippen LogP contribution in [0, 0.1) is 11.6 Å². The molecule has 0 unspecified atom stereocenters. The zero-order valence-electron chi connectivity index (χ0n) is 10.3. The molecule has 0 bridgehead atoms. The average molecular weight is 256 g/mol. The third kappa shape index (κ3) is 3.92. The second-order valence-electron chi connectivity index (χ2n) is 4.37. The fourth-order valence-electron chi connectivity index (χ4n) is 1.98. The van der Waals surface area contributed by atoms with E-state index in [2.05, 4.69) is 10.2 Å². The van der Waals surface area contributed by atoms with Gasteiger partial charge in [-0.3, -0.25) is 4.90 Å². The normalized spacial score (nSPS) is 17.4. The number of rotatable bonds is 4. The Morgan fingerprint density at radius 1 is 1.17 bits per heavy atom. The fourth-order valence-corrected chi connectivity index (χ4v) is 1.98. The molecule has 1 fully saturated rings. The van der Waals surface area contributed by atoms with Gasteiger partial charge < -0.3 is 10.1 Å². The van der Waals surface area contributed by atoms with Crippen LogP contribution in [0.25, 0.3) is 0 Å². The highest BCUT2D eigenvalue weighted by Crippen LogP contribution is 2.15. The molecule has 0 amide bonds. The van der Waals surface area contributed by atoms with E-state index in [1.54, 1.807) is 0 Å². The van der Waals surface area contributed by atoms with Crippen LogP contribution in [0.5, 0.6) is 5.75 Å². The molecule has 2 rings (SSSR count). The number of nitrogens with zero attached hydrogens (tertiary/aromatic N) is 1. The lowest BCUT2D eigenvalue weighted by molar-refractivity contribution is 0.217. The monoisotopic (exact) mass is 256 g/mol. The van der Waals surface area contributed by atoms with Crippen molar-refractivity contribution in [1.29, 1.82) is 0 Å². The SMILES string of the molecule is Fc1ccc(OCCN2CCCNCC2)cc1F. The molecule has 0 aromatic heterocycles. The molecule has 0 radical (unpaired) electrons. The molecule has 0 aliphatic carbocycles. The maximum Gasteiger partial charge on any atom is 0.162 e. The Kier molecular flexibility index (Phi) is 4.90. The van der Waals surface area contributed by atoms with Crippen LogP contribution in [-0.4, -0.2) is 44.2 Å². The number of hydrogen-bond acceptors (Lipinski definition) is 3. The van der Waals surface area contributed by atoms with Crippen LogP contribution >= 0.6 is 0 Å². The van der Waals surface area contributed by atoms with Gasteiger partial charge in [0.2, 0.25) is 0 Å². The Morgan fingerprint density at radius 2 is 2.06 bits per heavy atom. The van der Waals surface area contributed by atoms with Gasteiger partial charge in [0, 0.05) is 25.7 Å². The van der Waals surface area contributed by atoms with Crippen LogP contribution in [0.1, 0.15) is 6.42 Å². The maximum atomic E-state index is 12.9. The average Bonchev–Trinajstić information content (AvgIpc) is 2.62. The van der Waals surface area contributed by atoms with Crippen molar-refractivity contribution in [1.82, 2.24) is 10.2 Å². The van der Waals surface area contributed by atoms with Gasteiger partial charge in [0.1, 0.15) is 12.4 Å². The van der Waals surface area contributed by atoms with Crippen molar-refractivity contribution in [3.8, 4) is 5.75 Å². The summed E-state index contributed by atoms with van der Waals surface area (Å²) in [6.07, 6.45) is 1.13. The van der Waals surface area contributed by atoms with Crippen LogP contribution in [0.3, 0.4) is 0 Å². The van der Waals surface area contributed by atoms with Gasteiger partial charge in [0.05, 0.1) is 0 Å². The predicted molar refractivity (Wildman–Crippen MR) is 65.8 cm³/mol. The molecular weight excluding hydrogens is 238 g/mol. The molecule has 5 heteroatoms. The first kappa shape index (κ1) is 13.2. The van der Waals surface area contributed by atoms with Crippen LogP contribution < -0.4 is 10.1 Å². The van der Waals surface area contributed by atoms with Crippen molar-refractivity contribution < 1.29 is 13.5 Å². The summed E-state index contributed by atoms with van der Waals surface area (Å²) in [5.74, 6) is -1.34. The van der Waals surface area contributed by atoms with Gasteiger partial charge in [0.25, 0.3) is 0 Å². The summed E-state index contributed by atoms with van der Waals surface area (Å²) >= 11 is 0. The first-order chi connectivity index (χ1) is 8.75. The summed E-state index contributed by atoms with van der Waals surface area (Å²) < 4.78 is 31.1. The Hall–Kier alpha value is -1.20. The molecule has 1 aliphatic heterocycles. The van der Waals surface area contributed by atoms with Crippen LogP contribution in [0.15, 0.2) is 18.2 Å². The highest BCUT2D eigenvalue weighted by molar-refractivity contribution is 5.23. The Bertz CT molecular complexity index is 379. The lowest BCUT2D eigenvalue weighted by Gasteiger charge is -2.19. The van der Waals surface area contributed by atoms with Crippen molar-refractivity contribution in [2.24, 2.45) is 0 Å². The molecule has 100 valence electrons. The number of halogens is 2.